The molecule has 10 nitrogen and oxygen atoms in total. The molecular weight excluding hydrogens is 646 g/mol. The van der Waals surface area contributed by atoms with Crippen LogP contribution in [0.15, 0.2) is 109 Å². The van der Waals surface area contributed by atoms with Crippen LogP contribution in [0.4, 0.5) is 0 Å². The van der Waals surface area contributed by atoms with Crippen LogP contribution in [0.5, 0.6) is 5.75 Å². The number of rotatable bonds is 13. The standard InChI is InChI=1S/C20H18O8.C18H19NOS/c1-11-3-7-13(8-4-11)19(25)27-15(17(21)22)16(18(23)24)28-20(26)14-9-5-12(2)6-10-14;1-19-12-11-17(18-10-5-13-21-18)20-16-9-4-7-14-6-2-3-8-15(14)16/h3-10,15-16H,1-2H3,(H,21,22)(H,23,24);2-10,13,17,19H,11-12H2,1H3/t15-,16-;17-/m10/s1. The molecule has 5 aromatic rings. The van der Waals surface area contributed by atoms with E-state index in [1.54, 1.807) is 49.4 Å². The molecule has 0 spiro atoms. The van der Waals surface area contributed by atoms with Gasteiger partial charge in [-0.25, -0.2) is 19.2 Å². The number of esters is 2. The topological polar surface area (TPSA) is 148 Å². The monoisotopic (exact) mass is 683 g/mol. The molecule has 1 heterocycles. The van der Waals surface area contributed by atoms with Crippen molar-refractivity contribution in [2.45, 2.75) is 38.6 Å². The number of hydrogen-bond donors (Lipinski definition) is 3. The van der Waals surface area contributed by atoms with E-state index in [0.29, 0.717) is 0 Å². The van der Waals surface area contributed by atoms with Gasteiger partial charge in [-0.3, -0.25) is 0 Å². The molecular formula is C38H37NO9S. The van der Waals surface area contributed by atoms with Crippen LogP contribution in [0.2, 0.25) is 0 Å². The molecule has 0 saturated carbocycles. The fraction of sp³-hybridized carbons (Fsp3) is 0.211. The zero-order valence-corrected chi connectivity index (χ0v) is 28.0. The fourth-order valence-corrected chi connectivity index (χ4v) is 5.48. The minimum atomic E-state index is -2.22. The molecule has 3 atom stereocenters. The predicted molar refractivity (Wildman–Crippen MR) is 186 cm³/mol. The molecule has 0 amide bonds. The van der Waals surface area contributed by atoms with Crippen molar-refractivity contribution in [3.8, 4) is 5.75 Å². The largest absolute Gasteiger partial charge is 0.484 e. The van der Waals surface area contributed by atoms with Crippen LogP contribution in [0.25, 0.3) is 10.8 Å². The Kier molecular flexibility index (Phi) is 13.0. The van der Waals surface area contributed by atoms with Gasteiger partial charge in [0.25, 0.3) is 0 Å². The smallest absolute Gasteiger partial charge is 0.349 e. The van der Waals surface area contributed by atoms with E-state index >= 15 is 0 Å². The molecule has 1 aromatic heterocycles. The van der Waals surface area contributed by atoms with Crippen LogP contribution < -0.4 is 10.1 Å². The molecule has 254 valence electrons. The summed E-state index contributed by atoms with van der Waals surface area (Å²) in [6, 6.07) is 30.9. The van der Waals surface area contributed by atoms with E-state index in [1.165, 1.54) is 39.9 Å². The van der Waals surface area contributed by atoms with Gasteiger partial charge in [-0.2, -0.15) is 0 Å². The lowest BCUT2D eigenvalue weighted by molar-refractivity contribution is -0.166. The summed E-state index contributed by atoms with van der Waals surface area (Å²) < 4.78 is 16.0. The summed E-state index contributed by atoms with van der Waals surface area (Å²) in [4.78, 5) is 48.6. The van der Waals surface area contributed by atoms with E-state index < -0.39 is 36.1 Å². The fourth-order valence-electron chi connectivity index (χ4n) is 4.69. The highest BCUT2D eigenvalue weighted by Gasteiger charge is 2.41. The highest BCUT2D eigenvalue weighted by Crippen LogP contribution is 2.32. The van der Waals surface area contributed by atoms with Crippen molar-refractivity contribution in [3.63, 3.8) is 0 Å². The normalized spacial score (nSPS) is 12.5. The van der Waals surface area contributed by atoms with E-state index in [1.807, 2.05) is 7.05 Å². The highest BCUT2D eigenvalue weighted by molar-refractivity contribution is 7.10. The van der Waals surface area contributed by atoms with Crippen LogP contribution >= 0.6 is 11.3 Å². The first kappa shape index (κ1) is 36.3. The summed E-state index contributed by atoms with van der Waals surface area (Å²) in [6.45, 7) is 4.52. The maximum Gasteiger partial charge on any atom is 0.349 e. The van der Waals surface area contributed by atoms with Crippen LogP contribution in [0.1, 0.15) is 49.2 Å². The lowest BCUT2D eigenvalue weighted by Crippen LogP contribution is -2.45. The number of carbonyl (C=O) groups is 4. The van der Waals surface area contributed by atoms with E-state index in [2.05, 4.69) is 65.3 Å². The first-order valence-electron chi connectivity index (χ1n) is 15.4. The van der Waals surface area contributed by atoms with E-state index in [-0.39, 0.29) is 17.2 Å². The zero-order chi connectivity index (χ0) is 35.3. The Labute approximate surface area is 287 Å². The van der Waals surface area contributed by atoms with Crippen LogP contribution in [0, 0.1) is 13.8 Å². The molecule has 0 aliphatic heterocycles. The number of aryl methyl sites for hydroxylation is 2. The second kappa shape index (κ2) is 17.6. The van der Waals surface area contributed by atoms with Crippen molar-refractivity contribution in [1.29, 1.82) is 0 Å². The Hall–Kier alpha value is -5.52. The van der Waals surface area contributed by atoms with Gasteiger partial charge in [0.05, 0.1) is 11.1 Å². The maximum absolute atomic E-state index is 12.2. The third kappa shape index (κ3) is 10.2. The summed E-state index contributed by atoms with van der Waals surface area (Å²) in [5, 5.41) is 26.3. The van der Waals surface area contributed by atoms with Gasteiger partial charge in [-0.15, -0.1) is 11.3 Å². The minimum absolute atomic E-state index is 0.0332. The lowest BCUT2D eigenvalue weighted by atomic mass is 10.1. The number of carboxylic acid groups (broad SMARTS) is 2. The second-order valence-corrected chi connectivity index (χ2v) is 12.0. The molecule has 0 aliphatic rings. The molecule has 49 heavy (non-hydrogen) atoms. The molecule has 0 bridgehead atoms. The zero-order valence-electron chi connectivity index (χ0n) is 27.2. The second-order valence-electron chi connectivity index (χ2n) is 11.1. The van der Waals surface area contributed by atoms with Crippen molar-refractivity contribution < 1.29 is 43.6 Å². The number of aliphatic carboxylic acids is 2. The first-order chi connectivity index (χ1) is 23.6. The number of nitrogens with one attached hydrogen (secondary N) is 1. The van der Waals surface area contributed by atoms with Crippen molar-refractivity contribution in [3.05, 3.63) is 136 Å². The summed E-state index contributed by atoms with van der Waals surface area (Å²) in [5.74, 6) is -4.66. The van der Waals surface area contributed by atoms with Crippen molar-refractivity contribution in [1.82, 2.24) is 5.32 Å². The van der Waals surface area contributed by atoms with Crippen molar-refractivity contribution >= 4 is 46.0 Å². The Morgan fingerprint density at radius 1 is 0.694 bits per heavy atom. The van der Waals surface area contributed by atoms with Crippen LogP contribution in [-0.4, -0.2) is 59.9 Å². The lowest BCUT2D eigenvalue weighted by Gasteiger charge is -2.21. The SMILES string of the molecule is CNCC[C@H](Oc1cccc2ccccc12)c1cccs1.Cc1ccc(C(=O)O[C@@H](C(=O)O)[C@@H](OC(=O)c2ccc(C)cc2)C(=O)O)cc1. The molecule has 11 heteroatoms. The average Bonchev–Trinajstić information content (AvgIpc) is 3.64. The molecule has 0 fully saturated rings. The number of thiophene rings is 1. The number of hydrogen-bond acceptors (Lipinski definition) is 9. The van der Waals surface area contributed by atoms with Crippen LogP contribution in [0.3, 0.4) is 0 Å². The van der Waals surface area contributed by atoms with E-state index in [0.717, 1.165) is 29.8 Å². The van der Waals surface area contributed by atoms with Gasteiger partial charge in [0.15, 0.2) is 0 Å². The third-order valence-corrected chi connectivity index (χ3v) is 8.30. The van der Waals surface area contributed by atoms with Gasteiger partial charge in [-0.1, -0.05) is 77.9 Å². The summed E-state index contributed by atoms with van der Waals surface area (Å²) >= 11 is 1.75. The van der Waals surface area contributed by atoms with Crippen molar-refractivity contribution in [2.75, 3.05) is 13.6 Å². The van der Waals surface area contributed by atoms with Gasteiger partial charge in [0.2, 0.25) is 12.2 Å². The molecule has 0 aliphatic carbocycles. The number of carbonyl (C=O) groups excluding carboxylic acids is 2. The van der Waals surface area contributed by atoms with Gasteiger partial charge < -0.3 is 29.7 Å². The molecule has 4 aromatic carbocycles. The van der Waals surface area contributed by atoms with Gasteiger partial charge in [0, 0.05) is 16.7 Å². The van der Waals surface area contributed by atoms with Crippen LogP contribution in [-0.2, 0) is 19.1 Å². The Bertz CT molecular complexity index is 1770. The number of benzene rings is 4. The molecule has 3 N–H and O–H groups in total. The summed E-state index contributed by atoms with van der Waals surface area (Å²) in [6.07, 6.45) is -3.38. The molecule has 5 rings (SSSR count). The summed E-state index contributed by atoms with van der Waals surface area (Å²) in [5.41, 5.74) is 1.79. The van der Waals surface area contributed by atoms with Crippen molar-refractivity contribution in [2.24, 2.45) is 0 Å². The van der Waals surface area contributed by atoms with Gasteiger partial charge >= 0.3 is 23.9 Å². The van der Waals surface area contributed by atoms with Gasteiger partial charge in [-0.05, 0) is 74.6 Å². The average molecular weight is 684 g/mol. The Morgan fingerprint density at radius 2 is 1.22 bits per heavy atom. The first-order valence-corrected chi connectivity index (χ1v) is 16.3. The third-order valence-electron chi connectivity index (χ3n) is 7.34. The Balaban J connectivity index is 0.000000229. The molecule has 0 radical (unpaired) electrons. The van der Waals surface area contributed by atoms with E-state index in [4.69, 9.17) is 14.2 Å². The number of carboxylic acids is 2. The number of fused-ring (bicyclic) bond motifs is 1. The highest BCUT2D eigenvalue weighted by atomic mass is 32.1. The maximum atomic E-state index is 12.2. The van der Waals surface area contributed by atoms with E-state index in [9.17, 15) is 29.4 Å². The molecule has 0 saturated heterocycles. The van der Waals surface area contributed by atoms with Gasteiger partial charge in [0.1, 0.15) is 11.9 Å². The quantitative estimate of drug-likeness (QED) is 0.113. The number of ether oxygens (including phenoxy) is 3. The summed E-state index contributed by atoms with van der Waals surface area (Å²) in [7, 11) is 1.98. The molecule has 0 unspecified atom stereocenters. The predicted octanol–water partition coefficient (Wildman–Crippen LogP) is 6.85. The Morgan fingerprint density at radius 3 is 1.71 bits per heavy atom. The minimum Gasteiger partial charge on any atom is -0.484 e.